The average Bonchev–Trinajstić information content (AvgIpc) is 2.72. The van der Waals surface area contributed by atoms with Crippen molar-refractivity contribution in [3.8, 4) is 0 Å². The van der Waals surface area contributed by atoms with Gasteiger partial charge in [0.2, 0.25) is 5.03 Å². The molecule has 1 aromatic carbocycles. The summed E-state index contributed by atoms with van der Waals surface area (Å²) in [7, 11) is -0.784. The first-order chi connectivity index (χ1) is 9.73. The van der Waals surface area contributed by atoms with Gasteiger partial charge in [0.15, 0.2) is 4.60 Å². The lowest BCUT2D eigenvalue weighted by Gasteiger charge is -2.17. The van der Waals surface area contributed by atoms with Gasteiger partial charge >= 0.3 is 0 Å². The molecule has 0 saturated heterocycles. The van der Waals surface area contributed by atoms with Gasteiger partial charge in [0.05, 0.1) is 0 Å². The molecule has 0 N–H and O–H groups in total. The normalized spacial score (nSPS) is 12.1. The monoisotopic (exact) mass is 412 g/mol. The van der Waals surface area contributed by atoms with Crippen molar-refractivity contribution >= 4 is 49.2 Å². The molecule has 2 aromatic rings. The Bertz CT molecular complexity index is 759. The summed E-state index contributed by atoms with van der Waals surface area (Å²) in [5.74, 6) is 0. The lowest BCUT2D eigenvalue weighted by Crippen LogP contribution is -2.28. The van der Waals surface area contributed by atoms with E-state index in [1.165, 1.54) is 23.1 Å². The Morgan fingerprint density at radius 3 is 2.57 bits per heavy atom. The van der Waals surface area contributed by atoms with E-state index in [1.807, 2.05) is 0 Å². The first-order valence-electron chi connectivity index (χ1n) is 5.69. The number of halogens is 3. The molecule has 0 aliphatic heterocycles. The van der Waals surface area contributed by atoms with Gasteiger partial charge in [-0.15, -0.1) is 5.10 Å². The molecule has 0 bridgehead atoms. The van der Waals surface area contributed by atoms with Crippen LogP contribution in [0.5, 0.6) is 0 Å². The van der Waals surface area contributed by atoms with Crippen LogP contribution in [0.3, 0.4) is 0 Å². The van der Waals surface area contributed by atoms with Crippen molar-refractivity contribution in [2.24, 2.45) is 7.05 Å². The maximum absolute atomic E-state index is 12.5. The van der Waals surface area contributed by atoms with Crippen molar-refractivity contribution in [3.63, 3.8) is 0 Å². The Hall–Kier alpha value is -0.670. The van der Waals surface area contributed by atoms with Gasteiger partial charge in [-0.25, -0.2) is 13.1 Å². The zero-order valence-corrected chi connectivity index (χ0v) is 15.0. The van der Waals surface area contributed by atoms with Crippen molar-refractivity contribution in [1.82, 2.24) is 19.3 Å². The van der Waals surface area contributed by atoms with Gasteiger partial charge in [0.25, 0.3) is 10.0 Å². The van der Waals surface area contributed by atoms with E-state index < -0.39 is 10.0 Å². The molecule has 0 amide bonds. The van der Waals surface area contributed by atoms with Crippen LogP contribution in [0.2, 0.25) is 10.0 Å². The Balaban J connectivity index is 2.33. The zero-order valence-electron chi connectivity index (χ0n) is 11.1. The summed E-state index contributed by atoms with van der Waals surface area (Å²) in [6.45, 7) is 0.107. The van der Waals surface area contributed by atoms with Gasteiger partial charge < -0.3 is 0 Å². The molecule has 0 aliphatic carbocycles. The highest BCUT2D eigenvalue weighted by Crippen LogP contribution is 2.26. The number of rotatable bonds is 4. The fraction of sp³-hybridized carbons (Fsp3) is 0.273. The molecule has 114 valence electrons. The van der Waals surface area contributed by atoms with Gasteiger partial charge in [-0.3, -0.25) is 0 Å². The molecular weight excluding hydrogens is 403 g/mol. The summed E-state index contributed by atoms with van der Waals surface area (Å²) < 4.78 is 27.6. The van der Waals surface area contributed by atoms with Gasteiger partial charge in [-0.1, -0.05) is 34.5 Å². The van der Waals surface area contributed by atoms with Crippen molar-refractivity contribution in [1.29, 1.82) is 0 Å². The van der Waals surface area contributed by atoms with Gasteiger partial charge in [-0.05, 0) is 33.6 Å². The number of nitrogens with zero attached hydrogens (tertiary/aromatic N) is 4. The Labute approximate surface area is 140 Å². The van der Waals surface area contributed by atoms with E-state index in [2.05, 4.69) is 26.2 Å². The number of aryl methyl sites for hydroxylation is 1. The third kappa shape index (κ3) is 3.40. The molecule has 0 fully saturated rings. The average molecular weight is 414 g/mol. The van der Waals surface area contributed by atoms with E-state index >= 15 is 0 Å². The summed E-state index contributed by atoms with van der Waals surface area (Å²) in [6.07, 6.45) is 0. The molecule has 0 atom stereocenters. The van der Waals surface area contributed by atoms with Gasteiger partial charge in [-0.2, -0.15) is 4.31 Å². The van der Waals surface area contributed by atoms with Gasteiger partial charge in [0.1, 0.15) is 0 Å². The van der Waals surface area contributed by atoms with Crippen LogP contribution >= 0.6 is 39.1 Å². The van der Waals surface area contributed by atoms with Crippen LogP contribution in [-0.4, -0.2) is 34.8 Å². The topological polar surface area (TPSA) is 68.1 Å². The lowest BCUT2D eigenvalue weighted by molar-refractivity contribution is 0.456. The minimum atomic E-state index is -3.75. The largest absolute Gasteiger partial charge is 0.263 e. The lowest BCUT2D eigenvalue weighted by atomic mass is 10.2. The Morgan fingerprint density at radius 1 is 1.38 bits per heavy atom. The molecule has 6 nitrogen and oxygen atoms in total. The second-order valence-electron chi connectivity index (χ2n) is 4.31. The van der Waals surface area contributed by atoms with E-state index in [4.69, 9.17) is 23.2 Å². The molecule has 10 heteroatoms. The molecule has 0 saturated carbocycles. The number of sulfonamides is 1. The molecular formula is C11H11BrCl2N4O2S. The minimum absolute atomic E-state index is 0.0184. The Kier molecular flexibility index (Phi) is 4.94. The van der Waals surface area contributed by atoms with E-state index in [0.717, 1.165) is 0 Å². The molecule has 0 spiro atoms. The van der Waals surface area contributed by atoms with Crippen molar-refractivity contribution in [3.05, 3.63) is 38.4 Å². The smallest absolute Gasteiger partial charge is 0.235 e. The zero-order chi connectivity index (χ0) is 15.8. The predicted octanol–water partition coefficient (Wildman–Crippen LogP) is 2.71. The van der Waals surface area contributed by atoms with Crippen LogP contribution in [-0.2, 0) is 23.6 Å². The van der Waals surface area contributed by atoms with Crippen LogP contribution in [0.1, 0.15) is 5.56 Å². The van der Waals surface area contributed by atoms with Crippen LogP contribution in [0.15, 0.2) is 27.8 Å². The molecule has 1 aromatic heterocycles. The quantitative estimate of drug-likeness (QED) is 0.772. The molecule has 21 heavy (non-hydrogen) atoms. The Morgan fingerprint density at radius 2 is 2.05 bits per heavy atom. The standard InChI is InChI=1S/C11H11BrCl2N4O2S/c1-17(6-7-3-4-8(13)5-9(7)14)21(19,20)11-10(12)15-16-18(11)2/h3-5H,6H2,1-2H3. The number of aromatic nitrogens is 3. The second-order valence-corrected chi connectivity index (χ2v) is 7.86. The first-order valence-corrected chi connectivity index (χ1v) is 8.68. The molecule has 1 heterocycles. The summed E-state index contributed by atoms with van der Waals surface area (Å²) in [4.78, 5) is 0. The van der Waals surface area contributed by atoms with Crippen molar-refractivity contribution < 1.29 is 8.42 Å². The van der Waals surface area contributed by atoms with Crippen LogP contribution in [0.4, 0.5) is 0 Å². The van der Waals surface area contributed by atoms with Crippen LogP contribution in [0, 0.1) is 0 Å². The number of hydrogen-bond donors (Lipinski definition) is 0. The highest BCUT2D eigenvalue weighted by atomic mass is 79.9. The molecule has 0 aliphatic rings. The molecule has 0 unspecified atom stereocenters. The van der Waals surface area contributed by atoms with Crippen LogP contribution < -0.4 is 0 Å². The number of hydrogen-bond acceptors (Lipinski definition) is 4. The fourth-order valence-corrected chi connectivity index (χ4v) is 4.36. The van der Waals surface area contributed by atoms with Crippen molar-refractivity contribution in [2.45, 2.75) is 11.6 Å². The van der Waals surface area contributed by atoms with E-state index in [0.29, 0.717) is 15.6 Å². The highest BCUT2D eigenvalue weighted by molar-refractivity contribution is 9.10. The van der Waals surface area contributed by atoms with Crippen molar-refractivity contribution in [2.75, 3.05) is 7.05 Å². The molecule has 2 rings (SSSR count). The maximum Gasteiger partial charge on any atom is 0.263 e. The predicted molar refractivity (Wildman–Crippen MR) is 83.8 cm³/mol. The summed E-state index contributed by atoms with van der Waals surface area (Å²) in [5.41, 5.74) is 0.651. The maximum atomic E-state index is 12.5. The third-order valence-electron chi connectivity index (χ3n) is 2.80. The summed E-state index contributed by atoms with van der Waals surface area (Å²) >= 11 is 15.0. The van der Waals surface area contributed by atoms with Crippen LogP contribution in [0.25, 0.3) is 0 Å². The highest BCUT2D eigenvalue weighted by Gasteiger charge is 2.28. The van der Waals surface area contributed by atoms with E-state index in [9.17, 15) is 8.42 Å². The fourth-order valence-electron chi connectivity index (χ4n) is 1.72. The SMILES string of the molecule is CN(Cc1ccc(Cl)cc1Cl)S(=O)(=O)c1c(Br)nnn1C. The van der Waals surface area contributed by atoms with Gasteiger partial charge in [0, 0.05) is 30.7 Å². The summed E-state index contributed by atoms with van der Waals surface area (Å²) in [5, 5.41) is 8.24. The molecule has 0 radical (unpaired) electrons. The van der Waals surface area contributed by atoms with E-state index in [-0.39, 0.29) is 16.2 Å². The van der Waals surface area contributed by atoms with E-state index in [1.54, 1.807) is 18.2 Å². The third-order valence-corrected chi connectivity index (χ3v) is 6.08. The minimum Gasteiger partial charge on any atom is -0.235 e. The first kappa shape index (κ1) is 16.7. The number of benzene rings is 1. The second kappa shape index (κ2) is 6.21. The summed E-state index contributed by atoms with van der Waals surface area (Å²) in [6, 6.07) is 4.92.